The first-order chi connectivity index (χ1) is 5.68. The van der Waals surface area contributed by atoms with Crippen molar-refractivity contribution in [1.82, 2.24) is 0 Å². The van der Waals surface area contributed by atoms with Gasteiger partial charge in [-0.25, -0.2) is 0 Å². The van der Waals surface area contributed by atoms with Gasteiger partial charge in [0, 0.05) is 0 Å². The average molecular weight is 168 g/mol. The molecule has 0 amide bonds. The Morgan fingerprint density at radius 3 is 2.67 bits per heavy atom. The van der Waals surface area contributed by atoms with Gasteiger partial charge in [0.1, 0.15) is 0 Å². The van der Waals surface area contributed by atoms with Crippen molar-refractivity contribution in [2.75, 3.05) is 0 Å². The van der Waals surface area contributed by atoms with Crippen molar-refractivity contribution in [2.24, 2.45) is 5.92 Å². The monoisotopic (exact) mass is 168 g/mol. The minimum absolute atomic E-state index is 0.0769. The van der Waals surface area contributed by atoms with Crippen LogP contribution in [-0.4, -0.2) is 11.2 Å². The van der Waals surface area contributed by atoms with Gasteiger partial charge in [0.25, 0.3) is 0 Å². The van der Waals surface area contributed by atoms with Crippen LogP contribution in [0, 0.1) is 5.92 Å². The topological polar surface area (TPSA) is 20.2 Å². The molecule has 1 fully saturated rings. The number of aliphatic hydroxyl groups is 1. The van der Waals surface area contributed by atoms with E-state index in [1.54, 1.807) is 0 Å². The van der Waals surface area contributed by atoms with E-state index in [1.807, 2.05) is 6.92 Å². The van der Waals surface area contributed by atoms with Crippen LogP contribution in [0.1, 0.15) is 45.4 Å². The van der Waals surface area contributed by atoms with Crippen LogP contribution in [0.3, 0.4) is 0 Å². The van der Waals surface area contributed by atoms with E-state index in [4.69, 9.17) is 0 Å². The zero-order valence-corrected chi connectivity index (χ0v) is 8.05. The lowest BCUT2D eigenvalue weighted by molar-refractivity contribution is 0.110. The molecule has 0 radical (unpaired) electrons. The van der Waals surface area contributed by atoms with E-state index in [9.17, 15) is 5.11 Å². The molecule has 1 heteroatoms. The van der Waals surface area contributed by atoms with Crippen LogP contribution in [0.5, 0.6) is 0 Å². The third-order valence-corrected chi connectivity index (χ3v) is 2.73. The fraction of sp³-hybridized carbons (Fsp3) is 0.818. The van der Waals surface area contributed by atoms with Crippen molar-refractivity contribution in [2.45, 2.75) is 51.6 Å². The van der Waals surface area contributed by atoms with Gasteiger partial charge in [-0.15, -0.1) is 6.58 Å². The molecule has 1 aliphatic rings. The Bertz CT molecular complexity index is 147. The Morgan fingerprint density at radius 1 is 1.58 bits per heavy atom. The highest BCUT2D eigenvalue weighted by atomic mass is 16.3. The summed E-state index contributed by atoms with van der Waals surface area (Å²) in [5, 5.41) is 9.59. The van der Waals surface area contributed by atoms with Crippen LogP contribution >= 0.6 is 0 Å². The standard InChI is InChI=1S/C11H20O/c1-9(2)6-7-11(12)8-10-4-3-5-10/h10-12H,1,3-8H2,2H3. The van der Waals surface area contributed by atoms with Gasteiger partial charge in [-0.3, -0.25) is 0 Å². The van der Waals surface area contributed by atoms with E-state index in [1.165, 1.54) is 24.8 Å². The number of allylic oxidation sites excluding steroid dienone is 1. The highest BCUT2D eigenvalue weighted by molar-refractivity contribution is 4.88. The summed E-state index contributed by atoms with van der Waals surface area (Å²) in [6, 6.07) is 0. The van der Waals surface area contributed by atoms with E-state index in [-0.39, 0.29) is 6.10 Å². The van der Waals surface area contributed by atoms with Crippen LogP contribution in [0.25, 0.3) is 0 Å². The summed E-state index contributed by atoms with van der Waals surface area (Å²) < 4.78 is 0. The van der Waals surface area contributed by atoms with Crippen molar-refractivity contribution in [3.63, 3.8) is 0 Å². The Hall–Kier alpha value is -0.300. The molecule has 0 aromatic heterocycles. The molecular weight excluding hydrogens is 148 g/mol. The second-order valence-corrected chi connectivity index (χ2v) is 4.18. The highest BCUT2D eigenvalue weighted by Crippen LogP contribution is 2.31. The molecule has 1 nitrogen and oxygen atoms in total. The van der Waals surface area contributed by atoms with Crippen LogP contribution < -0.4 is 0 Å². The largest absolute Gasteiger partial charge is 0.393 e. The Morgan fingerprint density at radius 2 is 2.25 bits per heavy atom. The predicted molar refractivity (Wildman–Crippen MR) is 52.0 cm³/mol. The molecule has 0 heterocycles. The number of hydrogen-bond acceptors (Lipinski definition) is 1. The molecule has 0 bridgehead atoms. The molecule has 0 aromatic carbocycles. The van der Waals surface area contributed by atoms with Crippen molar-refractivity contribution in [1.29, 1.82) is 0 Å². The van der Waals surface area contributed by atoms with Crippen LogP contribution in [-0.2, 0) is 0 Å². The lowest BCUT2D eigenvalue weighted by Gasteiger charge is -2.27. The van der Waals surface area contributed by atoms with Gasteiger partial charge in [-0.1, -0.05) is 24.8 Å². The summed E-state index contributed by atoms with van der Waals surface area (Å²) in [4.78, 5) is 0. The summed E-state index contributed by atoms with van der Waals surface area (Å²) in [6.45, 7) is 5.85. The summed E-state index contributed by atoms with van der Waals surface area (Å²) >= 11 is 0. The molecule has 1 saturated carbocycles. The van der Waals surface area contributed by atoms with Crippen molar-refractivity contribution < 1.29 is 5.11 Å². The quantitative estimate of drug-likeness (QED) is 0.626. The van der Waals surface area contributed by atoms with E-state index in [0.29, 0.717) is 0 Å². The molecule has 0 aromatic rings. The smallest absolute Gasteiger partial charge is 0.0546 e. The van der Waals surface area contributed by atoms with Gasteiger partial charge in [0.05, 0.1) is 6.10 Å². The minimum atomic E-state index is -0.0769. The molecular formula is C11H20O. The van der Waals surface area contributed by atoms with Crippen LogP contribution in [0.15, 0.2) is 12.2 Å². The first-order valence-corrected chi connectivity index (χ1v) is 5.01. The maximum atomic E-state index is 9.59. The number of rotatable bonds is 5. The lowest BCUT2D eigenvalue weighted by atomic mass is 9.81. The Balaban J connectivity index is 2.02. The Labute approximate surface area is 75.5 Å². The lowest BCUT2D eigenvalue weighted by Crippen LogP contribution is -2.19. The van der Waals surface area contributed by atoms with Gasteiger partial charge in [-0.05, 0) is 32.1 Å². The molecule has 12 heavy (non-hydrogen) atoms. The van der Waals surface area contributed by atoms with Crippen LogP contribution in [0.4, 0.5) is 0 Å². The second-order valence-electron chi connectivity index (χ2n) is 4.18. The van der Waals surface area contributed by atoms with E-state index >= 15 is 0 Å². The van der Waals surface area contributed by atoms with Gasteiger partial charge >= 0.3 is 0 Å². The van der Waals surface area contributed by atoms with Crippen molar-refractivity contribution >= 4 is 0 Å². The maximum absolute atomic E-state index is 9.59. The molecule has 1 aliphatic carbocycles. The molecule has 1 atom stereocenters. The molecule has 1 rings (SSSR count). The third-order valence-electron chi connectivity index (χ3n) is 2.73. The molecule has 1 N–H and O–H groups in total. The molecule has 0 saturated heterocycles. The van der Waals surface area contributed by atoms with Gasteiger partial charge in [-0.2, -0.15) is 0 Å². The second kappa shape index (κ2) is 4.66. The average Bonchev–Trinajstić information content (AvgIpc) is 1.93. The van der Waals surface area contributed by atoms with Crippen molar-refractivity contribution in [3.05, 3.63) is 12.2 Å². The van der Waals surface area contributed by atoms with Crippen LogP contribution in [0.2, 0.25) is 0 Å². The maximum Gasteiger partial charge on any atom is 0.0546 e. The fourth-order valence-electron chi connectivity index (χ4n) is 1.64. The van der Waals surface area contributed by atoms with Gasteiger partial charge in [0.15, 0.2) is 0 Å². The zero-order valence-electron chi connectivity index (χ0n) is 8.05. The molecule has 0 aliphatic heterocycles. The zero-order chi connectivity index (χ0) is 8.97. The molecule has 1 unspecified atom stereocenters. The number of hydrogen-bond donors (Lipinski definition) is 1. The highest BCUT2D eigenvalue weighted by Gasteiger charge is 2.20. The predicted octanol–water partition coefficient (Wildman–Crippen LogP) is 2.89. The number of aliphatic hydroxyl groups excluding tert-OH is 1. The summed E-state index contributed by atoms with van der Waals surface area (Å²) in [5.74, 6) is 0.824. The van der Waals surface area contributed by atoms with Gasteiger partial charge < -0.3 is 5.11 Å². The minimum Gasteiger partial charge on any atom is -0.393 e. The van der Waals surface area contributed by atoms with Gasteiger partial charge in [0.2, 0.25) is 0 Å². The third kappa shape index (κ3) is 3.40. The Kier molecular flexibility index (Phi) is 3.80. The fourth-order valence-corrected chi connectivity index (χ4v) is 1.64. The first-order valence-electron chi connectivity index (χ1n) is 5.01. The SMILES string of the molecule is C=C(C)CCC(O)CC1CCC1. The first kappa shape index (κ1) is 9.79. The normalized spacial score (nSPS) is 20.2. The van der Waals surface area contributed by atoms with E-state index < -0.39 is 0 Å². The summed E-state index contributed by atoms with van der Waals surface area (Å²) in [6.07, 6.45) is 6.88. The van der Waals surface area contributed by atoms with E-state index in [0.717, 1.165) is 25.2 Å². The van der Waals surface area contributed by atoms with Crippen molar-refractivity contribution in [3.8, 4) is 0 Å². The summed E-state index contributed by atoms with van der Waals surface area (Å²) in [7, 11) is 0. The molecule has 70 valence electrons. The summed E-state index contributed by atoms with van der Waals surface area (Å²) in [5.41, 5.74) is 1.18. The molecule has 0 spiro atoms. The van der Waals surface area contributed by atoms with E-state index in [2.05, 4.69) is 6.58 Å².